The van der Waals surface area contributed by atoms with Gasteiger partial charge < -0.3 is 20.1 Å². The van der Waals surface area contributed by atoms with E-state index in [1.807, 2.05) is 12.2 Å². The first-order chi connectivity index (χ1) is 10.9. The van der Waals surface area contributed by atoms with Gasteiger partial charge in [0.05, 0.1) is 19.5 Å². The van der Waals surface area contributed by atoms with Gasteiger partial charge in [0.2, 0.25) is 0 Å². The molecule has 0 radical (unpaired) electrons. The molecule has 4 N–H and O–H groups in total. The third-order valence-electron chi connectivity index (χ3n) is 4.13. The van der Waals surface area contributed by atoms with Gasteiger partial charge in [-0.2, -0.15) is 0 Å². The maximum absolute atomic E-state index is 12.3. The van der Waals surface area contributed by atoms with Crippen LogP contribution in [0.5, 0.6) is 0 Å². The Morgan fingerprint density at radius 3 is 2.61 bits per heavy atom. The lowest BCUT2D eigenvalue weighted by molar-refractivity contribution is -0.696. The van der Waals surface area contributed by atoms with E-state index < -0.39 is 17.4 Å². The summed E-state index contributed by atoms with van der Waals surface area (Å²) in [5.74, 6) is 0. The number of hydrogen-bond donors (Lipinski definition) is 3. The summed E-state index contributed by atoms with van der Waals surface area (Å²) in [5.41, 5.74) is -0.271. The number of fused-ring (bicyclic) bond motifs is 1. The minimum Gasteiger partial charge on any atom is -0.390 e. The Bertz CT molecular complexity index is 787. The van der Waals surface area contributed by atoms with E-state index in [4.69, 9.17) is 5.11 Å². The zero-order valence-corrected chi connectivity index (χ0v) is 13.6. The van der Waals surface area contributed by atoms with Crippen LogP contribution in [-0.4, -0.2) is 54.2 Å². The van der Waals surface area contributed by atoms with Crippen molar-refractivity contribution in [3.63, 3.8) is 0 Å². The molecule has 2 atom stereocenters. The standard InChI is InChI=1S/C14H23N5O4/c1-4-9(7-20)15-5-10(21)6-19-8-16-12-11(19)13(22)18(3)14(23)17(12)2/h8-10,15,20-21H,4-7H2,1-3H3/p+1/t9-,10+/m1/s1. The molecule has 0 aliphatic carbocycles. The molecular weight excluding hydrogens is 302 g/mol. The number of imidazole rings is 1. The van der Waals surface area contributed by atoms with Gasteiger partial charge in [-0.15, -0.1) is 0 Å². The van der Waals surface area contributed by atoms with Crippen molar-refractivity contribution < 1.29 is 15.5 Å². The van der Waals surface area contributed by atoms with Gasteiger partial charge in [0.1, 0.15) is 18.7 Å². The van der Waals surface area contributed by atoms with Gasteiger partial charge >= 0.3 is 5.69 Å². The van der Waals surface area contributed by atoms with Crippen LogP contribution in [-0.2, 0) is 20.6 Å². The predicted octanol–water partition coefficient (Wildman–Crippen LogP) is -2.87. The van der Waals surface area contributed by atoms with E-state index in [1.165, 1.54) is 17.9 Å². The minimum absolute atomic E-state index is 0.0536. The van der Waals surface area contributed by atoms with Crippen molar-refractivity contribution in [3.8, 4) is 0 Å². The molecule has 0 aliphatic heterocycles. The first-order valence-electron chi connectivity index (χ1n) is 7.63. The van der Waals surface area contributed by atoms with Gasteiger partial charge in [0.15, 0.2) is 11.2 Å². The second-order valence-electron chi connectivity index (χ2n) is 5.75. The lowest BCUT2D eigenvalue weighted by Crippen LogP contribution is -2.92. The van der Waals surface area contributed by atoms with Crippen LogP contribution in [0.25, 0.3) is 11.2 Å². The van der Waals surface area contributed by atoms with E-state index in [-0.39, 0.29) is 19.2 Å². The summed E-state index contributed by atoms with van der Waals surface area (Å²) in [5, 5.41) is 21.2. The zero-order chi connectivity index (χ0) is 17.1. The van der Waals surface area contributed by atoms with Gasteiger partial charge in [-0.25, -0.2) is 9.78 Å². The number of aliphatic hydroxyl groups excluding tert-OH is 2. The second-order valence-corrected chi connectivity index (χ2v) is 5.75. The number of hydrogen-bond acceptors (Lipinski definition) is 5. The molecule has 0 amide bonds. The number of nitrogens with two attached hydrogens (primary N) is 1. The van der Waals surface area contributed by atoms with E-state index in [0.717, 1.165) is 11.0 Å². The van der Waals surface area contributed by atoms with E-state index >= 15 is 0 Å². The fourth-order valence-corrected chi connectivity index (χ4v) is 2.56. The first-order valence-corrected chi connectivity index (χ1v) is 7.63. The molecule has 0 unspecified atom stereocenters. The van der Waals surface area contributed by atoms with Crippen LogP contribution in [0.1, 0.15) is 13.3 Å². The summed E-state index contributed by atoms with van der Waals surface area (Å²) in [7, 11) is 2.97. The Morgan fingerprint density at radius 1 is 1.30 bits per heavy atom. The highest BCUT2D eigenvalue weighted by atomic mass is 16.3. The monoisotopic (exact) mass is 326 g/mol. The van der Waals surface area contributed by atoms with Crippen molar-refractivity contribution in [1.82, 2.24) is 18.7 Å². The lowest BCUT2D eigenvalue weighted by atomic mass is 10.2. The zero-order valence-electron chi connectivity index (χ0n) is 13.6. The second kappa shape index (κ2) is 7.07. The Hall–Kier alpha value is -1.97. The van der Waals surface area contributed by atoms with Crippen molar-refractivity contribution in [2.45, 2.75) is 32.0 Å². The molecule has 0 saturated carbocycles. The number of nitrogens with zero attached hydrogens (tertiary/aromatic N) is 4. The highest BCUT2D eigenvalue weighted by molar-refractivity contribution is 5.69. The molecule has 9 nitrogen and oxygen atoms in total. The quantitative estimate of drug-likeness (QED) is 0.505. The molecule has 2 heterocycles. The van der Waals surface area contributed by atoms with E-state index in [9.17, 15) is 14.7 Å². The minimum atomic E-state index is -0.699. The normalized spacial score (nSPS) is 14.3. The molecule has 0 spiro atoms. The van der Waals surface area contributed by atoms with E-state index in [1.54, 1.807) is 11.6 Å². The molecule has 23 heavy (non-hydrogen) atoms. The summed E-state index contributed by atoms with van der Waals surface area (Å²) in [6.45, 7) is 2.63. The number of aliphatic hydroxyl groups is 2. The number of quaternary nitrogens is 1. The van der Waals surface area contributed by atoms with Crippen molar-refractivity contribution in [1.29, 1.82) is 0 Å². The molecule has 0 saturated heterocycles. The van der Waals surface area contributed by atoms with E-state index in [0.29, 0.717) is 17.7 Å². The molecular formula is C14H24N5O4+. The van der Waals surface area contributed by atoms with Crippen LogP contribution in [0.4, 0.5) is 0 Å². The maximum atomic E-state index is 12.3. The van der Waals surface area contributed by atoms with Gasteiger partial charge in [-0.1, -0.05) is 6.92 Å². The summed E-state index contributed by atoms with van der Waals surface area (Å²) in [4.78, 5) is 28.3. The summed E-state index contributed by atoms with van der Waals surface area (Å²) in [6, 6.07) is 0.0536. The van der Waals surface area contributed by atoms with Gasteiger partial charge in [0.25, 0.3) is 5.56 Å². The number of aryl methyl sites for hydroxylation is 1. The van der Waals surface area contributed by atoms with Crippen molar-refractivity contribution >= 4 is 11.2 Å². The van der Waals surface area contributed by atoms with Crippen molar-refractivity contribution in [3.05, 3.63) is 27.2 Å². The van der Waals surface area contributed by atoms with Gasteiger partial charge in [-0.3, -0.25) is 13.9 Å². The largest absolute Gasteiger partial charge is 0.390 e. The maximum Gasteiger partial charge on any atom is 0.332 e. The van der Waals surface area contributed by atoms with Crippen molar-refractivity contribution in [2.24, 2.45) is 14.1 Å². The smallest absolute Gasteiger partial charge is 0.332 e. The van der Waals surface area contributed by atoms with Crippen LogP contribution >= 0.6 is 0 Å². The Kier molecular flexibility index (Phi) is 5.34. The SMILES string of the molecule is CC[C@H](CO)[NH2+]C[C@H](O)Cn1cnc2c1c(=O)n(C)c(=O)n2C. The van der Waals surface area contributed by atoms with Crippen LogP contribution in [0, 0.1) is 0 Å². The lowest BCUT2D eigenvalue weighted by Gasteiger charge is -2.15. The topological polar surface area (TPSA) is 119 Å². The predicted molar refractivity (Wildman–Crippen MR) is 84.2 cm³/mol. The Morgan fingerprint density at radius 2 is 2.00 bits per heavy atom. The average Bonchev–Trinajstić information content (AvgIpc) is 2.95. The number of aromatic nitrogens is 4. The summed E-state index contributed by atoms with van der Waals surface area (Å²) >= 11 is 0. The molecule has 2 aromatic rings. The van der Waals surface area contributed by atoms with Crippen LogP contribution in [0.3, 0.4) is 0 Å². The molecule has 128 valence electrons. The van der Waals surface area contributed by atoms with Crippen LogP contribution in [0.2, 0.25) is 0 Å². The summed E-state index contributed by atoms with van der Waals surface area (Å²) < 4.78 is 3.90. The molecule has 9 heteroatoms. The summed E-state index contributed by atoms with van der Waals surface area (Å²) in [6.07, 6.45) is 1.56. The Balaban J connectivity index is 2.25. The highest BCUT2D eigenvalue weighted by Crippen LogP contribution is 2.06. The molecule has 0 aromatic carbocycles. The third kappa shape index (κ3) is 3.36. The fraction of sp³-hybridized carbons (Fsp3) is 0.643. The van der Waals surface area contributed by atoms with E-state index in [2.05, 4.69) is 4.98 Å². The van der Waals surface area contributed by atoms with Gasteiger partial charge in [-0.05, 0) is 6.42 Å². The fourth-order valence-electron chi connectivity index (χ4n) is 2.56. The molecule has 0 fully saturated rings. The van der Waals surface area contributed by atoms with Gasteiger partial charge in [0, 0.05) is 14.1 Å². The highest BCUT2D eigenvalue weighted by Gasteiger charge is 2.18. The molecule has 2 aromatic heterocycles. The average molecular weight is 326 g/mol. The third-order valence-corrected chi connectivity index (χ3v) is 4.13. The Labute approximate surface area is 132 Å². The molecule has 2 rings (SSSR count). The molecule has 0 bridgehead atoms. The number of rotatable bonds is 7. The first kappa shape index (κ1) is 17.4. The van der Waals surface area contributed by atoms with Crippen molar-refractivity contribution in [2.75, 3.05) is 13.2 Å². The van der Waals surface area contributed by atoms with Crippen LogP contribution in [0.15, 0.2) is 15.9 Å². The van der Waals surface area contributed by atoms with Crippen LogP contribution < -0.4 is 16.6 Å². The molecule has 0 aliphatic rings.